The van der Waals surface area contributed by atoms with E-state index in [-0.39, 0.29) is 18.3 Å². The van der Waals surface area contributed by atoms with Crippen molar-refractivity contribution in [3.8, 4) is 0 Å². The van der Waals surface area contributed by atoms with E-state index in [1.165, 1.54) is 17.2 Å². The smallest absolute Gasteiger partial charge is 0.323 e. The topological polar surface area (TPSA) is 172 Å². The average molecular weight is 366 g/mol. The molecule has 1 fully saturated rings. The number of nitrogens with two attached hydrogens (primary N) is 2. The van der Waals surface area contributed by atoms with E-state index in [2.05, 4.69) is 15.0 Å². The largest absolute Gasteiger partial charge is 0.462 e. The molecule has 11 nitrogen and oxygen atoms in total. The Morgan fingerprint density at radius 3 is 2.77 bits per heavy atom. The first-order valence-corrected chi connectivity index (χ1v) is 8.18. The minimum atomic E-state index is -1.27. The number of ether oxygens (including phenoxy) is 2. The molecule has 0 unspecified atom stereocenters. The first-order chi connectivity index (χ1) is 12.3. The number of nitrogen functional groups attached to an aromatic ring is 1. The van der Waals surface area contributed by atoms with Crippen molar-refractivity contribution in [2.24, 2.45) is 11.7 Å². The van der Waals surface area contributed by atoms with Gasteiger partial charge in [0.05, 0.1) is 6.33 Å². The first kappa shape index (κ1) is 18.5. The number of carbonyl (C=O) groups is 1. The van der Waals surface area contributed by atoms with Gasteiger partial charge in [-0.1, -0.05) is 13.8 Å². The second kappa shape index (κ2) is 7.11. The van der Waals surface area contributed by atoms with E-state index < -0.39 is 36.6 Å². The highest BCUT2D eigenvalue weighted by Crippen LogP contribution is 2.32. The van der Waals surface area contributed by atoms with E-state index in [4.69, 9.17) is 20.9 Å². The Morgan fingerprint density at radius 2 is 2.08 bits per heavy atom. The lowest BCUT2D eigenvalue weighted by molar-refractivity contribution is -0.152. The number of nitrogens with zero attached hydrogens (tertiary/aromatic N) is 4. The molecule has 0 radical (unpaired) electrons. The van der Waals surface area contributed by atoms with Gasteiger partial charge in [0.1, 0.15) is 42.8 Å². The predicted octanol–water partition coefficient (Wildman–Crippen LogP) is -1.45. The standard InChI is InChI=1S/C15H22N6O5/c1-6(2)8(16)15(24)25-3-7-10(22)11(23)14(26-7)21-5-20-9-12(17)18-4-19-13(9)21/h4-8,10-11,14,22-23H,3,16H2,1-2H3,(H2,17,18,19)/t7-,8-,10-,11+,14-/m1/s1. The second-order valence-electron chi connectivity index (χ2n) is 6.53. The maximum Gasteiger partial charge on any atom is 0.323 e. The third kappa shape index (κ3) is 3.21. The molecule has 5 atom stereocenters. The van der Waals surface area contributed by atoms with Crippen molar-refractivity contribution in [1.82, 2.24) is 19.5 Å². The van der Waals surface area contributed by atoms with Gasteiger partial charge < -0.3 is 31.2 Å². The molecule has 0 amide bonds. The molecule has 2 aromatic rings. The normalized spacial score (nSPS) is 27.2. The lowest BCUT2D eigenvalue weighted by Gasteiger charge is -2.18. The summed E-state index contributed by atoms with van der Waals surface area (Å²) >= 11 is 0. The average Bonchev–Trinajstić information content (AvgIpc) is 3.15. The molecule has 0 bridgehead atoms. The number of rotatable bonds is 5. The molecule has 1 aliphatic rings. The summed E-state index contributed by atoms with van der Waals surface area (Å²) in [6, 6.07) is -0.772. The summed E-state index contributed by atoms with van der Waals surface area (Å²) in [5.74, 6) is -0.491. The zero-order valence-corrected chi connectivity index (χ0v) is 14.4. The quantitative estimate of drug-likeness (QED) is 0.459. The van der Waals surface area contributed by atoms with E-state index in [1.54, 1.807) is 13.8 Å². The van der Waals surface area contributed by atoms with E-state index >= 15 is 0 Å². The van der Waals surface area contributed by atoms with Gasteiger partial charge in [0.25, 0.3) is 0 Å². The van der Waals surface area contributed by atoms with Crippen LogP contribution in [0.5, 0.6) is 0 Å². The Labute approximate surface area is 148 Å². The van der Waals surface area contributed by atoms with Crippen LogP contribution in [0.4, 0.5) is 5.82 Å². The first-order valence-electron chi connectivity index (χ1n) is 8.18. The molecule has 2 aromatic heterocycles. The van der Waals surface area contributed by atoms with Gasteiger partial charge >= 0.3 is 5.97 Å². The second-order valence-corrected chi connectivity index (χ2v) is 6.53. The van der Waals surface area contributed by atoms with Crippen LogP contribution in [0.1, 0.15) is 20.1 Å². The fourth-order valence-corrected chi connectivity index (χ4v) is 2.69. The Bertz CT molecular complexity index is 796. The lowest BCUT2D eigenvalue weighted by atomic mass is 10.1. The highest BCUT2D eigenvalue weighted by Gasteiger charge is 2.45. The van der Waals surface area contributed by atoms with Crippen molar-refractivity contribution in [3.05, 3.63) is 12.7 Å². The summed E-state index contributed by atoms with van der Waals surface area (Å²) in [6.45, 7) is 3.35. The molecule has 0 aromatic carbocycles. The van der Waals surface area contributed by atoms with E-state index in [9.17, 15) is 15.0 Å². The minimum Gasteiger partial charge on any atom is -0.462 e. The third-order valence-corrected chi connectivity index (χ3v) is 4.38. The van der Waals surface area contributed by atoms with Gasteiger partial charge in [-0.25, -0.2) is 15.0 Å². The fraction of sp³-hybridized carbons (Fsp3) is 0.600. The highest BCUT2D eigenvalue weighted by molar-refractivity contribution is 5.81. The summed E-state index contributed by atoms with van der Waals surface area (Å²) < 4.78 is 12.2. The van der Waals surface area contributed by atoms with Crippen LogP contribution in [-0.4, -0.2) is 66.7 Å². The van der Waals surface area contributed by atoms with E-state index in [0.29, 0.717) is 11.2 Å². The summed E-state index contributed by atoms with van der Waals surface area (Å²) in [5.41, 5.74) is 12.2. The Kier molecular flexibility index (Phi) is 5.05. The van der Waals surface area contributed by atoms with Crippen molar-refractivity contribution in [2.45, 2.75) is 44.4 Å². The predicted molar refractivity (Wildman–Crippen MR) is 89.4 cm³/mol. The van der Waals surface area contributed by atoms with Crippen molar-refractivity contribution >= 4 is 23.0 Å². The molecule has 6 N–H and O–H groups in total. The Balaban J connectivity index is 1.73. The highest BCUT2D eigenvalue weighted by atomic mass is 16.6. The minimum absolute atomic E-state index is 0.0854. The van der Waals surface area contributed by atoms with Gasteiger partial charge in [0, 0.05) is 0 Å². The number of fused-ring (bicyclic) bond motifs is 1. The number of imidazole rings is 1. The van der Waals surface area contributed by atoms with Crippen LogP contribution < -0.4 is 11.5 Å². The van der Waals surface area contributed by atoms with Crippen LogP contribution >= 0.6 is 0 Å². The zero-order chi connectivity index (χ0) is 19.0. The Morgan fingerprint density at radius 1 is 1.35 bits per heavy atom. The number of aromatic nitrogens is 4. The van der Waals surface area contributed by atoms with Crippen LogP contribution in [0.15, 0.2) is 12.7 Å². The van der Waals surface area contributed by atoms with E-state index in [0.717, 1.165) is 0 Å². The SMILES string of the molecule is CC(C)[C@@H](N)C(=O)OC[C@H]1O[C@@H](n2cnc3c(N)ncnc32)[C@@H](O)[C@@H]1O. The monoisotopic (exact) mass is 366 g/mol. The molecule has 3 heterocycles. The number of aliphatic hydroxyl groups is 2. The van der Waals surface area contributed by atoms with E-state index in [1.807, 2.05) is 0 Å². The third-order valence-electron chi connectivity index (χ3n) is 4.38. The van der Waals surface area contributed by atoms with Crippen molar-refractivity contribution < 1.29 is 24.5 Å². The van der Waals surface area contributed by atoms with Gasteiger partial charge in [-0.15, -0.1) is 0 Å². The van der Waals surface area contributed by atoms with Crippen LogP contribution in [0.25, 0.3) is 11.2 Å². The maximum absolute atomic E-state index is 11.9. The summed E-state index contributed by atoms with van der Waals surface area (Å²) in [6.07, 6.45) is -1.77. The zero-order valence-electron chi connectivity index (χ0n) is 14.4. The Hall–Kier alpha value is -2.34. The summed E-state index contributed by atoms with van der Waals surface area (Å²) in [7, 11) is 0. The number of esters is 1. The van der Waals surface area contributed by atoms with Crippen LogP contribution in [0.2, 0.25) is 0 Å². The molecule has 0 spiro atoms. The van der Waals surface area contributed by atoms with Crippen LogP contribution in [-0.2, 0) is 14.3 Å². The number of hydrogen-bond donors (Lipinski definition) is 4. The number of carbonyl (C=O) groups excluding carboxylic acids is 1. The lowest BCUT2D eigenvalue weighted by Crippen LogP contribution is -2.40. The molecule has 11 heteroatoms. The maximum atomic E-state index is 11.9. The van der Waals surface area contributed by atoms with Gasteiger partial charge in [0.2, 0.25) is 0 Å². The molecule has 26 heavy (non-hydrogen) atoms. The van der Waals surface area contributed by atoms with Crippen LogP contribution in [0, 0.1) is 5.92 Å². The van der Waals surface area contributed by atoms with Crippen molar-refractivity contribution in [3.63, 3.8) is 0 Å². The molecule has 0 saturated carbocycles. The molecular formula is C15H22N6O5. The summed E-state index contributed by atoms with van der Waals surface area (Å²) in [4.78, 5) is 23.9. The van der Waals surface area contributed by atoms with Crippen molar-refractivity contribution in [2.75, 3.05) is 12.3 Å². The van der Waals surface area contributed by atoms with Gasteiger partial charge in [-0.05, 0) is 5.92 Å². The molecule has 0 aliphatic carbocycles. The fourth-order valence-electron chi connectivity index (χ4n) is 2.69. The number of anilines is 1. The number of hydrogen-bond acceptors (Lipinski definition) is 10. The van der Waals surface area contributed by atoms with Crippen LogP contribution in [0.3, 0.4) is 0 Å². The molecule has 142 valence electrons. The molecule has 3 rings (SSSR count). The van der Waals surface area contributed by atoms with Gasteiger partial charge in [-0.2, -0.15) is 0 Å². The number of aliphatic hydroxyl groups excluding tert-OH is 2. The molecular weight excluding hydrogens is 344 g/mol. The summed E-state index contributed by atoms with van der Waals surface area (Å²) in [5, 5.41) is 20.6. The van der Waals surface area contributed by atoms with Gasteiger partial charge in [-0.3, -0.25) is 9.36 Å². The van der Waals surface area contributed by atoms with Gasteiger partial charge in [0.15, 0.2) is 17.7 Å². The molecule has 1 saturated heterocycles. The van der Waals surface area contributed by atoms with Crippen molar-refractivity contribution in [1.29, 1.82) is 0 Å². The molecule has 1 aliphatic heterocycles.